The molecule has 0 aliphatic rings. The molecule has 14 heavy (non-hydrogen) atoms. The monoisotopic (exact) mass is 212 g/mol. The Kier molecular flexibility index (Phi) is 4.58. The Morgan fingerprint density at radius 2 is 1.93 bits per heavy atom. The summed E-state index contributed by atoms with van der Waals surface area (Å²) in [5.74, 6) is 0.911. The van der Waals surface area contributed by atoms with E-state index in [0.717, 1.165) is 6.42 Å². The number of rotatable bonds is 5. The third-order valence-electron chi connectivity index (χ3n) is 2.79. The van der Waals surface area contributed by atoms with Gasteiger partial charge in [-0.1, -0.05) is 13.8 Å². The van der Waals surface area contributed by atoms with E-state index in [1.165, 1.54) is 9.75 Å². The molecule has 4 N–H and O–H groups in total. The minimum Gasteiger partial charge on any atom is -0.330 e. The van der Waals surface area contributed by atoms with Crippen molar-refractivity contribution < 1.29 is 0 Å². The van der Waals surface area contributed by atoms with Crippen LogP contribution in [0.25, 0.3) is 0 Å². The Bertz CT molecular complexity index is 266. The molecule has 0 aliphatic heterocycles. The van der Waals surface area contributed by atoms with Crippen molar-refractivity contribution in [2.45, 2.75) is 26.2 Å². The van der Waals surface area contributed by atoms with Crippen LogP contribution in [0.2, 0.25) is 0 Å². The van der Waals surface area contributed by atoms with Crippen LogP contribution >= 0.6 is 11.3 Å². The average molecular weight is 212 g/mol. The van der Waals surface area contributed by atoms with Crippen molar-refractivity contribution in [2.24, 2.45) is 17.4 Å². The van der Waals surface area contributed by atoms with Crippen molar-refractivity contribution in [1.82, 2.24) is 0 Å². The Morgan fingerprint density at radius 1 is 1.29 bits per heavy atom. The summed E-state index contributed by atoms with van der Waals surface area (Å²) in [5.41, 5.74) is 11.4. The highest BCUT2D eigenvalue weighted by Gasteiger charge is 2.17. The predicted molar refractivity (Wildman–Crippen MR) is 63.7 cm³/mol. The molecule has 0 bridgehead atoms. The zero-order valence-corrected chi connectivity index (χ0v) is 9.81. The molecule has 0 aliphatic carbocycles. The second kappa shape index (κ2) is 5.49. The van der Waals surface area contributed by atoms with Crippen LogP contribution in [0, 0.1) is 5.92 Å². The van der Waals surface area contributed by atoms with Crippen LogP contribution < -0.4 is 11.5 Å². The lowest BCUT2D eigenvalue weighted by Gasteiger charge is -2.19. The van der Waals surface area contributed by atoms with E-state index >= 15 is 0 Å². The number of hydrogen-bond acceptors (Lipinski definition) is 3. The standard InChI is InChI=1S/C11H20N2S/c1-3-10-4-5-11(14-10)8(2)9(6-12)7-13/h4-5,8-9H,3,6-7,12-13H2,1-2H3. The average Bonchev–Trinajstić information content (AvgIpc) is 2.67. The van der Waals surface area contributed by atoms with Gasteiger partial charge in [0.1, 0.15) is 0 Å². The molecule has 1 heterocycles. The van der Waals surface area contributed by atoms with Gasteiger partial charge in [-0.25, -0.2) is 0 Å². The molecule has 3 heteroatoms. The van der Waals surface area contributed by atoms with Crippen LogP contribution in [0.1, 0.15) is 29.5 Å². The van der Waals surface area contributed by atoms with E-state index in [1.54, 1.807) is 0 Å². The summed E-state index contributed by atoms with van der Waals surface area (Å²) in [6, 6.07) is 4.42. The predicted octanol–water partition coefficient (Wildman–Crippen LogP) is 1.95. The van der Waals surface area contributed by atoms with Gasteiger partial charge in [0.15, 0.2) is 0 Å². The molecule has 0 spiro atoms. The van der Waals surface area contributed by atoms with Gasteiger partial charge < -0.3 is 11.5 Å². The maximum Gasteiger partial charge on any atom is 0.00801 e. The zero-order chi connectivity index (χ0) is 10.6. The highest BCUT2D eigenvalue weighted by molar-refractivity contribution is 7.12. The Balaban J connectivity index is 2.72. The highest BCUT2D eigenvalue weighted by Crippen LogP contribution is 2.29. The van der Waals surface area contributed by atoms with E-state index in [-0.39, 0.29) is 0 Å². The number of nitrogens with two attached hydrogens (primary N) is 2. The Morgan fingerprint density at radius 3 is 2.36 bits per heavy atom. The molecule has 1 aromatic heterocycles. The van der Waals surface area contributed by atoms with Crippen LogP contribution in [0.15, 0.2) is 12.1 Å². The lowest BCUT2D eigenvalue weighted by atomic mass is 9.93. The Labute approximate surface area is 90.3 Å². The number of hydrogen-bond donors (Lipinski definition) is 2. The summed E-state index contributed by atoms with van der Waals surface area (Å²) in [6.07, 6.45) is 1.12. The van der Waals surface area contributed by atoms with Gasteiger partial charge in [0.25, 0.3) is 0 Å². The molecule has 0 saturated heterocycles. The van der Waals surface area contributed by atoms with Crippen molar-refractivity contribution >= 4 is 11.3 Å². The minimum atomic E-state index is 0.415. The van der Waals surface area contributed by atoms with E-state index in [2.05, 4.69) is 26.0 Å². The smallest absolute Gasteiger partial charge is 0.00801 e. The molecule has 1 rings (SSSR count). The van der Waals surface area contributed by atoms with Crippen LogP contribution in [0.4, 0.5) is 0 Å². The van der Waals surface area contributed by atoms with Crippen LogP contribution in [-0.2, 0) is 6.42 Å². The first kappa shape index (κ1) is 11.7. The van der Waals surface area contributed by atoms with Crippen molar-refractivity contribution in [2.75, 3.05) is 13.1 Å². The first-order valence-electron chi connectivity index (χ1n) is 5.21. The van der Waals surface area contributed by atoms with Gasteiger partial charge in [0.2, 0.25) is 0 Å². The van der Waals surface area contributed by atoms with Crippen molar-refractivity contribution in [3.63, 3.8) is 0 Å². The second-order valence-corrected chi connectivity index (χ2v) is 4.88. The molecule has 0 fully saturated rings. The zero-order valence-electron chi connectivity index (χ0n) is 8.99. The third kappa shape index (κ3) is 2.56. The van der Waals surface area contributed by atoms with Gasteiger partial charge in [-0.05, 0) is 43.5 Å². The van der Waals surface area contributed by atoms with Gasteiger partial charge in [0, 0.05) is 9.75 Å². The van der Waals surface area contributed by atoms with Crippen molar-refractivity contribution in [3.8, 4) is 0 Å². The summed E-state index contributed by atoms with van der Waals surface area (Å²) >= 11 is 1.89. The van der Waals surface area contributed by atoms with Crippen LogP contribution in [-0.4, -0.2) is 13.1 Å². The van der Waals surface area contributed by atoms with E-state index < -0.39 is 0 Å². The summed E-state index contributed by atoms with van der Waals surface area (Å²) in [4.78, 5) is 2.86. The van der Waals surface area contributed by atoms with E-state index in [0.29, 0.717) is 24.9 Å². The van der Waals surface area contributed by atoms with Crippen molar-refractivity contribution in [1.29, 1.82) is 0 Å². The molecule has 0 radical (unpaired) electrons. The third-order valence-corrected chi connectivity index (χ3v) is 4.22. The maximum absolute atomic E-state index is 5.69. The second-order valence-electron chi connectivity index (χ2n) is 3.68. The van der Waals surface area contributed by atoms with Gasteiger partial charge in [-0.2, -0.15) is 0 Å². The van der Waals surface area contributed by atoms with E-state index in [1.807, 2.05) is 11.3 Å². The largest absolute Gasteiger partial charge is 0.330 e. The highest BCUT2D eigenvalue weighted by atomic mass is 32.1. The topological polar surface area (TPSA) is 52.0 Å². The SMILES string of the molecule is CCc1ccc(C(C)C(CN)CN)s1. The van der Waals surface area contributed by atoms with Crippen LogP contribution in [0.5, 0.6) is 0 Å². The molecule has 2 nitrogen and oxygen atoms in total. The van der Waals surface area contributed by atoms with Gasteiger partial charge in [0.05, 0.1) is 0 Å². The Hall–Kier alpha value is -0.380. The van der Waals surface area contributed by atoms with Gasteiger partial charge in [-0.3, -0.25) is 0 Å². The van der Waals surface area contributed by atoms with Gasteiger partial charge >= 0.3 is 0 Å². The minimum absolute atomic E-state index is 0.415. The summed E-state index contributed by atoms with van der Waals surface area (Å²) in [5, 5.41) is 0. The molecule has 0 aromatic carbocycles. The molecule has 1 aromatic rings. The van der Waals surface area contributed by atoms with E-state index in [9.17, 15) is 0 Å². The molecule has 1 unspecified atom stereocenters. The van der Waals surface area contributed by atoms with Crippen molar-refractivity contribution in [3.05, 3.63) is 21.9 Å². The molecule has 0 amide bonds. The fourth-order valence-corrected chi connectivity index (χ4v) is 2.66. The molecule has 0 saturated carbocycles. The molecule has 1 atom stereocenters. The number of thiophene rings is 1. The summed E-state index contributed by atoms with van der Waals surface area (Å²) < 4.78 is 0. The van der Waals surface area contributed by atoms with E-state index in [4.69, 9.17) is 11.5 Å². The molecular formula is C11H20N2S. The molecule has 80 valence electrons. The fourth-order valence-electron chi connectivity index (χ4n) is 1.57. The lowest BCUT2D eigenvalue weighted by molar-refractivity contribution is 0.472. The lowest BCUT2D eigenvalue weighted by Crippen LogP contribution is -2.27. The summed E-state index contributed by atoms with van der Waals surface area (Å²) in [6.45, 7) is 5.76. The van der Waals surface area contributed by atoms with Gasteiger partial charge in [-0.15, -0.1) is 11.3 Å². The molecular weight excluding hydrogens is 192 g/mol. The number of aryl methyl sites for hydroxylation is 1. The summed E-state index contributed by atoms with van der Waals surface area (Å²) in [7, 11) is 0. The fraction of sp³-hybridized carbons (Fsp3) is 0.636. The van der Waals surface area contributed by atoms with Crippen LogP contribution in [0.3, 0.4) is 0 Å². The maximum atomic E-state index is 5.69. The first-order valence-corrected chi connectivity index (χ1v) is 6.03. The normalized spacial score (nSPS) is 13.5. The first-order chi connectivity index (χ1) is 6.72. The quantitative estimate of drug-likeness (QED) is 0.784.